The Morgan fingerprint density at radius 2 is 2.00 bits per heavy atom. The molecule has 1 unspecified atom stereocenters. The number of fused-ring (bicyclic) bond motifs is 1. The number of aromatic nitrogens is 2. The number of para-hydroxylation sites is 1. The number of carbonyl (C=O) groups excluding carboxylic acids is 2. The van der Waals surface area contributed by atoms with Gasteiger partial charge in [0.15, 0.2) is 0 Å². The first-order valence-corrected chi connectivity index (χ1v) is 8.68. The molecule has 130 valence electrons. The van der Waals surface area contributed by atoms with E-state index in [4.69, 9.17) is 0 Å². The monoisotopic (exact) mass is 340 g/mol. The Hall–Kier alpha value is -2.70. The van der Waals surface area contributed by atoms with E-state index in [0.29, 0.717) is 23.9 Å². The maximum absolute atomic E-state index is 12.8. The molecule has 1 aromatic carbocycles. The van der Waals surface area contributed by atoms with Gasteiger partial charge in [0.2, 0.25) is 17.2 Å². The van der Waals surface area contributed by atoms with Gasteiger partial charge in [-0.15, -0.1) is 0 Å². The van der Waals surface area contributed by atoms with Crippen molar-refractivity contribution in [2.45, 2.75) is 44.3 Å². The summed E-state index contributed by atoms with van der Waals surface area (Å²) in [6.07, 6.45) is 4.81. The molecule has 1 aromatic heterocycles. The number of likely N-dealkylation sites (tertiary alicyclic amines) is 1. The van der Waals surface area contributed by atoms with Gasteiger partial charge in [0.25, 0.3) is 0 Å². The maximum atomic E-state index is 12.8. The fourth-order valence-corrected chi connectivity index (χ4v) is 3.37. The Balaban J connectivity index is 1.54. The highest BCUT2D eigenvalue weighted by molar-refractivity contribution is 5.89. The lowest BCUT2D eigenvalue weighted by Crippen LogP contribution is -2.47. The fourth-order valence-electron chi connectivity index (χ4n) is 3.37. The average Bonchev–Trinajstić information content (AvgIpc) is 3.29. The topological polar surface area (TPSA) is 84.3 Å². The lowest BCUT2D eigenvalue weighted by atomic mass is 10.2. The third kappa shape index (κ3) is 3.14. The van der Waals surface area contributed by atoms with Crippen LogP contribution in [0.1, 0.15) is 25.7 Å². The van der Waals surface area contributed by atoms with Crippen LogP contribution in [0.4, 0.5) is 0 Å². The molecule has 1 saturated heterocycles. The molecule has 1 N–H and O–H groups in total. The van der Waals surface area contributed by atoms with Gasteiger partial charge in [0, 0.05) is 18.0 Å². The van der Waals surface area contributed by atoms with E-state index in [2.05, 4.69) is 10.4 Å². The molecule has 2 amide bonds. The van der Waals surface area contributed by atoms with E-state index >= 15 is 0 Å². The van der Waals surface area contributed by atoms with Crippen molar-refractivity contribution in [2.24, 2.45) is 0 Å². The van der Waals surface area contributed by atoms with Gasteiger partial charge in [-0.25, -0.2) is 0 Å². The normalized spacial score (nSPS) is 20.0. The molecule has 2 fully saturated rings. The molecule has 4 rings (SSSR count). The number of nitrogens with one attached hydrogen (secondary N) is 1. The van der Waals surface area contributed by atoms with Gasteiger partial charge in [-0.2, -0.15) is 5.10 Å². The number of nitrogens with zero attached hydrogens (tertiary/aromatic N) is 3. The highest BCUT2D eigenvalue weighted by Crippen LogP contribution is 2.22. The Morgan fingerprint density at radius 1 is 1.20 bits per heavy atom. The van der Waals surface area contributed by atoms with E-state index in [1.807, 2.05) is 6.07 Å². The molecule has 0 spiro atoms. The van der Waals surface area contributed by atoms with E-state index in [0.717, 1.165) is 19.3 Å². The SMILES string of the molecule is O=C(NC1CC1)C1CCCN1C(=O)Cn1ncc(=O)c2ccccc21. The van der Waals surface area contributed by atoms with E-state index in [-0.39, 0.29) is 29.8 Å². The molecular formula is C18H20N4O3. The first kappa shape index (κ1) is 15.8. The second-order valence-corrected chi connectivity index (χ2v) is 6.71. The number of amides is 2. The number of carbonyl (C=O) groups is 2. The van der Waals surface area contributed by atoms with Gasteiger partial charge in [0.1, 0.15) is 12.6 Å². The van der Waals surface area contributed by atoms with E-state index in [9.17, 15) is 14.4 Å². The molecule has 7 heteroatoms. The van der Waals surface area contributed by atoms with Crippen molar-refractivity contribution in [1.82, 2.24) is 20.0 Å². The van der Waals surface area contributed by atoms with Gasteiger partial charge in [-0.05, 0) is 37.8 Å². The second kappa shape index (κ2) is 6.31. The highest BCUT2D eigenvalue weighted by atomic mass is 16.2. The van der Waals surface area contributed by atoms with Crippen LogP contribution in [0.3, 0.4) is 0 Å². The number of benzene rings is 1. The predicted molar refractivity (Wildman–Crippen MR) is 91.9 cm³/mol. The zero-order valence-electron chi connectivity index (χ0n) is 13.9. The molecule has 0 radical (unpaired) electrons. The molecule has 0 bridgehead atoms. The van der Waals surface area contributed by atoms with Gasteiger partial charge in [-0.1, -0.05) is 12.1 Å². The summed E-state index contributed by atoms with van der Waals surface area (Å²) < 4.78 is 1.53. The summed E-state index contributed by atoms with van der Waals surface area (Å²) in [7, 11) is 0. The van der Waals surface area contributed by atoms with Crippen LogP contribution >= 0.6 is 0 Å². The average molecular weight is 340 g/mol. The van der Waals surface area contributed by atoms with Crippen molar-refractivity contribution in [2.75, 3.05) is 6.54 Å². The molecular weight excluding hydrogens is 320 g/mol. The summed E-state index contributed by atoms with van der Waals surface area (Å²) in [5, 5.41) is 7.62. The van der Waals surface area contributed by atoms with Gasteiger partial charge < -0.3 is 10.2 Å². The Labute approximate surface area is 144 Å². The fraction of sp³-hybridized carbons (Fsp3) is 0.444. The lowest BCUT2D eigenvalue weighted by molar-refractivity contribution is -0.139. The Kier molecular flexibility index (Phi) is 3.99. The molecule has 25 heavy (non-hydrogen) atoms. The third-order valence-corrected chi connectivity index (χ3v) is 4.85. The molecule has 2 aliphatic rings. The molecule has 1 saturated carbocycles. The first-order valence-electron chi connectivity index (χ1n) is 8.68. The molecule has 1 aliphatic heterocycles. The van der Waals surface area contributed by atoms with Crippen molar-refractivity contribution in [3.63, 3.8) is 0 Å². The molecule has 2 heterocycles. The largest absolute Gasteiger partial charge is 0.352 e. The third-order valence-electron chi connectivity index (χ3n) is 4.85. The van der Waals surface area contributed by atoms with Crippen molar-refractivity contribution < 1.29 is 9.59 Å². The molecule has 1 atom stereocenters. The van der Waals surface area contributed by atoms with Gasteiger partial charge in [0.05, 0.1) is 11.7 Å². The smallest absolute Gasteiger partial charge is 0.245 e. The van der Waals surface area contributed by atoms with Crippen LogP contribution in [0, 0.1) is 0 Å². The predicted octanol–water partition coefficient (Wildman–Crippen LogP) is 0.666. The van der Waals surface area contributed by atoms with Crippen molar-refractivity contribution in [1.29, 1.82) is 0 Å². The number of hydrogen-bond acceptors (Lipinski definition) is 4. The van der Waals surface area contributed by atoms with Crippen molar-refractivity contribution in [3.8, 4) is 0 Å². The van der Waals surface area contributed by atoms with Crippen molar-refractivity contribution in [3.05, 3.63) is 40.7 Å². The molecule has 7 nitrogen and oxygen atoms in total. The van der Waals surface area contributed by atoms with Crippen LogP contribution < -0.4 is 10.7 Å². The van der Waals surface area contributed by atoms with Gasteiger partial charge >= 0.3 is 0 Å². The van der Waals surface area contributed by atoms with Crippen LogP contribution in [-0.2, 0) is 16.1 Å². The lowest BCUT2D eigenvalue weighted by Gasteiger charge is -2.24. The molecule has 2 aromatic rings. The number of rotatable bonds is 4. The van der Waals surface area contributed by atoms with Crippen LogP contribution in [0.5, 0.6) is 0 Å². The standard InChI is InChI=1S/C18H20N4O3/c23-16-10-19-22(14-5-2-1-4-13(14)16)11-17(24)21-9-3-6-15(21)18(25)20-12-7-8-12/h1-2,4-5,10,12,15H,3,6-9,11H2,(H,20,25). The quantitative estimate of drug-likeness (QED) is 0.886. The zero-order chi connectivity index (χ0) is 17.4. The summed E-state index contributed by atoms with van der Waals surface area (Å²) in [6, 6.07) is 6.99. The summed E-state index contributed by atoms with van der Waals surface area (Å²) in [4.78, 5) is 38.7. The van der Waals surface area contributed by atoms with Crippen LogP contribution in [0.15, 0.2) is 35.3 Å². The minimum absolute atomic E-state index is 0.0218. The Bertz CT molecular complexity index is 887. The highest BCUT2D eigenvalue weighted by Gasteiger charge is 2.36. The maximum Gasteiger partial charge on any atom is 0.245 e. The van der Waals surface area contributed by atoms with Crippen LogP contribution in [0.25, 0.3) is 10.9 Å². The van der Waals surface area contributed by atoms with E-state index < -0.39 is 6.04 Å². The zero-order valence-corrected chi connectivity index (χ0v) is 13.9. The van der Waals surface area contributed by atoms with Crippen LogP contribution in [0.2, 0.25) is 0 Å². The van der Waals surface area contributed by atoms with Crippen molar-refractivity contribution >= 4 is 22.7 Å². The summed E-state index contributed by atoms with van der Waals surface area (Å²) in [5.74, 6) is -0.194. The van der Waals surface area contributed by atoms with Crippen LogP contribution in [-0.4, -0.2) is 45.1 Å². The summed E-state index contributed by atoms with van der Waals surface area (Å²) in [6.45, 7) is 0.605. The second-order valence-electron chi connectivity index (χ2n) is 6.71. The first-order chi connectivity index (χ1) is 12.1. The van der Waals surface area contributed by atoms with Gasteiger partial charge in [-0.3, -0.25) is 19.1 Å². The minimum atomic E-state index is -0.390. The minimum Gasteiger partial charge on any atom is -0.352 e. The number of hydrogen-bond donors (Lipinski definition) is 1. The summed E-state index contributed by atoms with van der Waals surface area (Å²) in [5.41, 5.74) is 0.462. The summed E-state index contributed by atoms with van der Waals surface area (Å²) >= 11 is 0. The van der Waals surface area contributed by atoms with E-state index in [1.165, 1.54) is 10.9 Å². The molecule has 1 aliphatic carbocycles. The van der Waals surface area contributed by atoms with E-state index in [1.54, 1.807) is 23.1 Å². The Morgan fingerprint density at radius 3 is 2.80 bits per heavy atom.